The van der Waals surface area contributed by atoms with E-state index in [0.717, 1.165) is 28.0 Å². The van der Waals surface area contributed by atoms with E-state index < -0.39 is 12.2 Å². The van der Waals surface area contributed by atoms with Crippen LogP contribution in [-0.4, -0.2) is 23.4 Å². The molecule has 1 rings (SSSR count). The monoisotopic (exact) mass is 224 g/mol. The molecule has 0 aliphatic heterocycles. The Morgan fingerprint density at radius 2 is 1.69 bits per heavy atom. The number of ether oxygens (including phenoxy) is 1. The highest BCUT2D eigenvalue weighted by atomic mass is 16.5. The number of aliphatic hydroxyl groups excluding tert-OH is 2. The van der Waals surface area contributed by atoms with Gasteiger partial charge in [0.25, 0.3) is 0 Å². The van der Waals surface area contributed by atoms with Crippen molar-refractivity contribution in [2.75, 3.05) is 7.11 Å². The zero-order valence-electron chi connectivity index (χ0n) is 10.5. The van der Waals surface area contributed by atoms with Crippen molar-refractivity contribution in [3.8, 4) is 5.75 Å². The molecule has 0 aliphatic carbocycles. The molecule has 1 aromatic rings. The van der Waals surface area contributed by atoms with Gasteiger partial charge in [-0.25, -0.2) is 0 Å². The quantitative estimate of drug-likeness (QED) is 0.826. The van der Waals surface area contributed by atoms with E-state index in [0.29, 0.717) is 0 Å². The van der Waals surface area contributed by atoms with Gasteiger partial charge in [-0.3, -0.25) is 0 Å². The summed E-state index contributed by atoms with van der Waals surface area (Å²) in [5.41, 5.74) is 3.72. The molecule has 90 valence electrons. The fourth-order valence-corrected chi connectivity index (χ4v) is 1.97. The van der Waals surface area contributed by atoms with Crippen molar-refractivity contribution in [3.05, 3.63) is 28.3 Å². The number of benzene rings is 1. The third-order valence-electron chi connectivity index (χ3n) is 3.08. The summed E-state index contributed by atoms with van der Waals surface area (Å²) in [5.74, 6) is 0.816. The van der Waals surface area contributed by atoms with E-state index in [9.17, 15) is 10.2 Å². The lowest BCUT2D eigenvalue weighted by Gasteiger charge is -2.21. The third kappa shape index (κ3) is 2.20. The maximum Gasteiger partial charge on any atom is 0.122 e. The predicted octanol–water partition coefficient (Wildman–Crippen LogP) is 2.03. The lowest BCUT2D eigenvalue weighted by molar-refractivity contribution is 0.0297. The minimum atomic E-state index is -0.843. The molecule has 0 spiro atoms. The summed E-state index contributed by atoms with van der Waals surface area (Å²) < 4.78 is 5.26. The van der Waals surface area contributed by atoms with E-state index in [1.165, 1.54) is 0 Å². The SMILES string of the molecule is COc1cc(C)c(C(O)C(C)O)c(C)c1C. The fourth-order valence-electron chi connectivity index (χ4n) is 1.97. The summed E-state index contributed by atoms with van der Waals surface area (Å²) in [7, 11) is 1.63. The normalized spacial score (nSPS) is 14.7. The molecule has 3 heteroatoms. The van der Waals surface area contributed by atoms with Crippen LogP contribution < -0.4 is 4.74 Å². The van der Waals surface area contributed by atoms with Gasteiger partial charge in [-0.1, -0.05) is 0 Å². The Morgan fingerprint density at radius 1 is 1.12 bits per heavy atom. The van der Waals surface area contributed by atoms with Crippen LogP contribution in [-0.2, 0) is 0 Å². The summed E-state index contributed by atoms with van der Waals surface area (Å²) in [6.07, 6.45) is -1.62. The second-order valence-corrected chi connectivity index (χ2v) is 4.24. The van der Waals surface area contributed by atoms with Crippen molar-refractivity contribution in [2.24, 2.45) is 0 Å². The molecule has 0 radical (unpaired) electrons. The summed E-state index contributed by atoms with van der Waals surface area (Å²) >= 11 is 0. The van der Waals surface area contributed by atoms with Crippen molar-refractivity contribution in [1.82, 2.24) is 0 Å². The first kappa shape index (κ1) is 13.0. The van der Waals surface area contributed by atoms with Gasteiger partial charge in [-0.2, -0.15) is 0 Å². The second-order valence-electron chi connectivity index (χ2n) is 4.24. The first-order chi connectivity index (χ1) is 7.40. The van der Waals surface area contributed by atoms with Gasteiger partial charge in [0.1, 0.15) is 11.9 Å². The Kier molecular flexibility index (Phi) is 3.94. The number of methoxy groups -OCH3 is 1. The Labute approximate surface area is 96.7 Å². The van der Waals surface area contributed by atoms with Gasteiger partial charge < -0.3 is 14.9 Å². The summed E-state index contributed by atoms with van der Waals surface area (Å²) in [6, 6.07) is 1.89. The molecule has 0 aromatic heterocycles. The summed E-state index contributed by atoms with van der Waals surface area (Å²) in [5, 5.41) is 19.4. The molecule has 0 saturated heterocycles. The highest BCUT2D eigenvalue weighted by molar-refractivity contribution is 5.49. The van der Waals surface area contributed by atoms with E-state index in [2.05, 4.69) is 0 Å². The molecule has 2 atom stereocenters. The Hall–Kier alpha value is -1.06. The maximum absolute atomic E-state index is 9.96. The number of hydrogen-bond acceptors (Lipinski definition) is 3. The fraction of sp³-hybridized carbons (Fsp3) is 0.538. The zero-order chi connectivity index (χ0) is 12.5. The van der Waals surface area contributed by atoms with Gasteiger partial charge in [0.2, 0.25) is 0 Å². The van der Waals surface area contributed by atoms with Gasteiger partial charge in [0, 0.05) is 0 Å². The molecule has 2 N–H and O–H groups in total. The Morgan fingerprint density at radius 3 is 2.12 bits per heavy atom. The van der Waals surface area contributed by atoms with Crippen molar-refractivity contribution in [3.63, 3.8) is 0 Å². The second kappa shape index (κ2) is 4.85. The van der Waals surface area contributed by atoms with E-state index in [1.807, 2.05) is 26.8 Å². The van der Waals surface area contributed by atoms with Gasteiger partial charge in [0.15, 0.2) is 0 Å². The molecule has 3 nitrogen and oxygen atoms in total. The van der Waals surface area contributed by atoms with Crippen molar-refractivity contribution >= 4 is 0 Å². The predicted molar refractivity (Wildman–Crippen MR) is 63.8 cm³/mol. The molecule has 0 heterocycles. The van der Waals surface area contributed by atoms with Gasteiger partial charge in [-0.15, -0.1) is 0 Å². The molecule has 0 saturated carbocycles. The van der Waals surface area contributed by atoms with Crippen LogP contribution in [0.4, 0.5) is 0 Å². The van der Waals surface area contributed by atoms with Crippen LogP contribution >= 0.6 is 0 Å². The van der Waals surface area contributed by atoms with Crippen LogP contribution in [0.5, 0.6) is 5.75 Å². The van der Waals surface area contributed by atoms with E-state index in [-0.39, 0.29) is 0 Å². The molecule has 16 heavy (non-hydrogen) atoms. The third-order valence-corrected chi connectivity index (χ3v) is 3.08. The van der Waals surface area contributed by atoms with Crippen molar-refractivity contribution < 1.29 is 14.9 Å². The maximum atomic E-state index is 9.96. The average molecular weight is 224 g/mol. The smallest absolute Gasteiger partial charge is 0.122 e. The number of rotatable bonds is 3. The Balaban J connectivity index is 3.36. The van der Waals surface area contributed by atoms with Crippen molar-refractivity contribution in [1.29, 1.82) is 0 Å². The van der Waals surface area contributed by atoms with E-state index >= 15 is 0 Å². The van der Waals surface area contributed by atoms with Crippen molar-refractivity contribution in [2.45, 2.75) is 39.9 Å². The molecular formula is C13H20O3. The zero-order valence-corrected chi connectivity index (χ0v) is 10.5. The first-order valence-electron chi connectivity index (χ1n) is 5.41. The Bertz CT molecular complexity index is 383. The van der Waals surface area contributed by atoms with Crippen LogP contribution in [0.1, 0.15) is 35.3 Å². The van der Waals surface area contributed by atoms with Gasteiger partial charge in [-0.05, 0) is 56.0 Å². The highest BCUT2D eigenvalue weighted by Crippen LogP contribution is 2.32. The number of hydrogen-bond donors (Lipinski definition) is 2. The standard InChI is InChI=1S/C13H20O3/c1-7-6-11(16-5)8(2)9(3)12(7)13(15)10(4)14/h6,10,13-15H,1-5H3. The minimum absolute atomic E-state index is 0.773. The van der Waals surface area contributed by atoms with Crippen LogP contribution in [0.3, 0.4) is 0 Å². The van der Waals surface area contributed by atoms with E-state index in [4.69, 9.17) is 4.74 Å². The first-order valence-corrected chi connectivity index (χ1v) is 5.41. The minimum Gasteiger partial charge on any atom is -0.496 e. The molecule has 0 aliphatic rings. The average Bonchev–Trinajstić information content (AvgIpc) is 2.23. The largest absolute Gasteiger partial charge is 0.496 e. The van der Waals surface area contributed by atoms with Gasteiger partial charge >= 0.3 is 0 Å². The van der Waals surface area contributed by atoms with Gasteiger partial charge in [0.05, 0.1) is 13.2 Å². The van der Waals surface area contributed by atoms with Crippen LogP contribution in [0.2, 0.25) is 0 Å². The summed E-state index contributed by atoms with van der Waals surface area (Å²) in [4.78, 5) is 0. The van der Waals surface area contributed by atoms with Crippen LogP contribution in [0.25, 0.3) is 0 Å². The summed E-state index contributed by atoms with van der Waals surface area (Å²) in [6.45, 7) is 7.39. The lowest BCUT2D eigenvalue weighted by atomic mass is 9.91. The molecular weight excluding hydrogens is 204 g/mol. The molecule has 0 fully saturated rings. The molecule has 0 bridgehead atoms. The lowest BCUT2D eigenvalue weighted by Crippen LogP contribution is -2.17. The highest BCUT2D eigenvalue weighted by Gasteiger charge is 2.20. The number of aryl methyl sites for hydroxylation is 1. The molecule has 1 aromatic carbocycles. The topological polar surface area (TPSA) is 49.7 Å². The molecule has 2 unspecified atom stereocenters. The van der Waals surface area contributed by atoms with Crippen LogP contribution in [0.15, 0.2) is 6.07 Å². The number of aliphatic hydroxyl groups is 2. The van der Waals surface area contributed by atoms with Crippen LogP contribution in [0, 0.1) is 20.8 Å². The molecule has 0 amide bonds. The van der Waals surface area contributed by atoms with E-state index in [1.54, 1.807) is 14.0 Å².